The first-order chi connectivity index (χ1) is 6.13. The van der Waals surface area contributed by atoms with Crippen LogP contribution in [0.2, 0.25) is 0 Å². The highest BCUT2D eigenvalue weighted by Gasteiger charge is 2.04. The molecule has 1 heterocycles. The molecule has 1 aromatic heterocycles. The van der Waals surface area contributed by atoms with Gasteiger partial charge in [0.2, 0.25) is 0 Å². The molecule has 74 valence electrons. The standard InChI is InChI=1S/C9H16N2OS/c1-6(5-12)10-4-9-11-7(2)8(3)13-9/h6,10,12H,4-5H2,1-3H3. The van der Waals surface area contributed by atoms with Crippen LogP contribution >= 0.6 is 11.3 Å². The van der Waals surface area contributed by atoms with Gasteiger partial charge in [-0.15, -0.1) is 11.3 Å². The maximum atomic E-state index is 8.79. The average molecular weight is 200 g/mol. The van der Waals surface area contributed by atoms with Gasteiger partial charge in [-0.2, -0.15) is 0 Å². The molecule has 0 saturated carbocycles. The van der Waals surface area contributed by atoms with E-state index in [-0.39, 0.29) is 12.6 Å². The molecule has 1 atom stereocenters. The summed E-state index contributed by atoms with van der Waals surface area (Å²) in [6, 6.07) is 0.143. The summed E-state index contributed by atoms with van der Waals surface area (Å²) in [5, 5.41) is 13.1. The van der Waals surface area contributed by atoms with Gasteiger partial charge in [0.05, 0.1) is 12.3 Å². The van der Waals surface area contributed by atoms with Crippen molar-refractivity contribution in [2.75, 3.05) is 6.61 Å². The first-order valence-electron chi connectivity index (χ1n) is 4.40. The fourth-order valence-electron chi connectivity index (χ4n) is 0.941. The minimum atomic E-state index is 0.143. The first kappa shape index (κ1) is 10.6. The summed E-state index contributed by atoms with van der Waals surface area (Å²) in [6.45, 7) is 6.97. The molecule has 0 bridgehead atoms. The zero-order chi connectivity index (χ0) is 9.84. The van der Waals surface area contributed by atoms with Gasteiger partial charge in [0.25, 0.3) is 0 Å². The normalized spacial score (nSPS) is 13.2. The SMILES string of the molecule is Cc1nc(CNC(C)CO)sc1C. The lowest BCUT2D eigenvalue weighted by molar-refractivity contribution is 0.251. The van der Waals surface area contributed by atoms with Crippen molar-refractivity contribution in [3.8, 4) is 0 Å². The van der Waals surface area contributed by atoms with Crippen LogP contribution in [-0.4, -0.2) is 22.7 Å². The number of rotatable bonds is 4. The maximum absolute atomic E-state index is 8.79. The summed E-state index contributed by atoms with van der Waals surface area (Å²) in [5.41, 5.74) is 1.11. The zero-order valence-electron chi connectivity index (χ0n) is 8.29. The Bertz CT molecular complexity index is 253. The summed E-state index contributed by atoms with van der Waals surface area (Å²) in [5.74, 6) is 0. The Morgan fingerprint density at radius 1 is 1.54 bits per heavy atom. The predicted octanol–water partition coefficient (Wildman–Crippen LogP) is 1.23. The van der Waals surface area contributed by atoms with Crippen molar-refractivity contribution in [2.45, 2.75) is 33.4 Å². The van der Waals surface area contributed by atoms with Crippen LogP contribution in [-0.2, 0) is 6.54 Å². The van der Waals surface area contributed by atoms with Crippen LogP contribution in [0.5, 0.6) is 0 Å². The summed E-state index contributed by atoms with van der Waals surface area (Å²) < 4.78 is 0. The number of thiazole rings is 1. The summed E-state index contributed by atoms with van der Waals surface area (Å²) in [4.78, 5) is 5.66. The molecule has 2 N–H and O–H groups in total. The maximum Gasteiger partial charge on any atom is 0.107 e. The molecule has 0 aliphatic carbocycles. The molecule has 1 rings (SSSR count). The monoisotopic (exact) mass is 200 g/mol. The zero-order valence-corrected chi connectivity index (χ0v) is 9.11. The number of hydrogen-bond donors (Lipinski definition) is 2. The molecule has 13 heavy (non-hydrogen) atoms. The van der Waals surface area contributed by atoms with E-state index in [1.807, 2.05) is 13.8 Å². The van der Waals surface area contributed by atoms with Crippen molar-refractivity contribution in [3.05, 3.63) is 15.6 Å². The molecular weight excluding hydrogens is 184 g/mol. The molecule has 1 unspecified atom stereocenters. The van der Waals surface area contributed by atoms with Crippen molar-refractivity contribution in [3.63, 3.8) is 0 Å². The van der Waals surface area contributed by atoms with Gasteiger partial charge >= 0.3 is 0 Å². The number of nitrogens with zero attached hydrogens (tertiary/aromatic N) is 1. The van der Waals surface area contributed by atoms with E-state index in [1.165, 1.54) is 4.88 Å². The van der Waals surface area contributed by atoms with Crippen molar-refractivity contribution in [2.24, 2.45) is 0 Å². The van der Waals surface area contributed by atoms with Crippen LogP contribution in [0.1, 0.15) is 22.5 Å². The van der Waals surface area contributed by atoms with Crippen molar-refractivity contribution in [1.82, 2.24) is 10.3 Å². The highest BCUT2D eigenvalue weighted by Crippen LogP contribution is 2.15. The molecule has 0 amide bonds. The first-order valence-corrected chi connectivity index (χ1v) is 5.22. The summed E-state index contributed by atoms with van der Waals surface area (Å²) in [6.07, 6.45) is 0. The highest BCUT2D eigenvalue weighted by molar-refractivity contribution is 7.11. The predicted molar refractivity (Wildman–Crippen MR) is 55.0 cm³/mol. The van der Waals surface area contributed by atoms with E-state index in [9.17, 15) is 0 Å². The van der Waals surface area contributed by atoms with Crippen LogP contribution < -0.4 is 5.32 Å². The number of aliphatic hydroxyl groups excluding tert-OH is 1. The van der Waals surface area contributed by atoms with Gasteiger partial charge in [0.1, 0.15) is 5.01 Å². The van der Waals surface area contributed by atoms with E-state index in [1.54, 1.807) is 11.3 Å². The molecule has 0 aromatic carbocycles. The molecule has 0 radical (unpaired) electrons. The minimum Gasteiger partial charge on any atom is -0.395 e. The van der Waals surface area contributed by atoms with Gasteiger partial charge in [-0.3, -0.25) is 0 Å². The van der Waals surface area contributed by atoms with Crippen molar-refractivity contribution in [1.29, 1.82) is 0 Å². The third-order valence-corrected chi connectivity index (χ3v) is 3.02. The van der Waals surface area contributed by atoms with E-state index in [4.69, 9.17) is 5.11 Å². The molecule has 0 aliphatic heterocycles. The third-order valence-electron chi connectivity index (χ3n) is 1.95. The Balaban J connectivity index is 2.45. The van der Waals surface area contributed by atoms with Gasteiger partial charge < -0.3 is 10.4 Å². The van der Waals surface area contributed by atoms with Crippen LogP contribution in [0.25, 0.3) is 0 Å². The second-order valence-electron chi connectivity index (χ2n) is 3.21. The molecule has 4 heteroatoms. The van der Waals surface area contributed by atoms with E-state index >= 15 is 0 Å². The summed E-state index contributed by atoms with van der Waals surface area (Å²) >= 11 is 1.71. The van der Waals surface area contributed by atoms with E-state index in [2.05, 4.69) is 17.2 Å². The van der Waals surface area contributed by atoms with Crippen LogP contribution in [0, 0.1) is 13.8 Å². The van der Waals surface area contributed by atoms with E-state index < -0.39 is 0 Å². The fraction of sp³-hybridized carbons (Fsp3) is 0.667. The second kappa shape index (κ2) is 4.69. The Hall–Kier alpha value is -0.450. The van der Waals surface area contributed by atoms with Gasteiger partial charge in [-0.25, -0.2) is 4.98 Å². The summed E-state index contributed by atoms with van der Waals surface area (Å²) in [7, 11) is 0. The third kappa shape index (κ3) is 3.06. The molecule has 0 spiro atoms. The van der Waals surface area contributed by atoms with Gasteiger partial charge in [0.15, 0.2) is 0 Å². The Labute approximate surface area is 82.8 Å². The average Bonchev–Trinajstić information content (AvgIpc) is 2.42. The van der Waals surface area contributed by atoms with E-state index in [0.717, 1.165) is 17.2 Å². The Morgan fingerprint density at radius 3 is 2.69 bits per heavy atom. The number of aromatic nitrogens is 1. The number of aryl methyl sites for hydroxylation is 2. The molecule has 0 saturated heterocycles. The Morgan fingerprint density at radius 2 is 2.23 bits per heavy atom. The number of nitrogens with one attached hydrogen (secondary N) is 1. The van der Waals surface area contributed by atoms with Crippen LogP contribution in [0.4, 0.5) is 0 Å². The lowest BCUT2D eigenvalue weighted by atomic mass is 10.3. The topological polar surface area (TPSA) is 45.2 Å². The van der Waals surface area contributed by atoms with Gasteiger partial charge in [0, 0.05) is 17.5 Å². The molecule has 1 aromatic rings. The van der Waals surface area contributed by atoms with Crippen molar-refractivity contribution >= 4 is 11.3 Å². The smallest absolute Gasteiger partial charge is 0.107 e. The van der Waals surface area contributed by atoms with Crippen LogP contribution in [0.15, 0.2) is 0 Å². The largest absolute Gasteiger partial charge is 0.395 e. The fourth-order valence-corrected chi connectivity index (χ4v) is 1.83. The second-order valence-corrected chi connectivity index (χ2v) is 4.50. The molecule has 3 nitrogen and oxygen atoms in total. The highest BCUT2D eigenvalue weighted by atomic mass is 32.1. The quantitative estimate of drug-likeness (QED) is 0.768. The Kier molecular flexibility index (Phi) is 3.84. The molecule has 0 fully saturated rings. The van der Waals surface area contributed by atoms with Crippen molar-refractivity contribution < 1.29 is 5.11 Å². The number of aliphatic hydroxyl groups is 1. The van der Waals surface area contributed by atoms with E-state index in [0.29, 0.717) is 0 Å². The van der Waals surface area contributed by atoms with Crippen LogP contribution in [0.3, 0.4) is 0 Å². The molecule has 0 aliphatic rings. The lowest BCUT2D eigenvalue weighted by Crippen LogP contribution is -2.28. The van der Waals surface area contributed by atoms with Gasteiger partial charge in [-0.1, -0.05) is 0 Å². The number of hydrogen-bond acceptors (Lipinski definition) is 4. The van der Waals surface area contributed by atoms with Gasteiger partial charge in [-0.05, 0) is 20.8 Å². The molecular formula is C9H16N2OS. The minimum absolute atomic E-state index is 0.143. The lowest BCUT2D eigenvalue weighted by Gasteiger charge is -2.07.